The zero-order chi connectivity index (χ0) is 16.6. The summed E-state index contributed by atoms with van der Waals surface area (Å²) in [5, 5.41) is 1.05. The first kappa shape index (κ1) is 15.5. The predicted molar refractivity (Wildman–Crippen MR) is 90.9 cm³/mol. The number of ether oxygens (including phenoxy) is 2. The van der Waals surface area contributed by atoms with E-state index in [0.29, 0.717) is 24.7 Å². The number of pyridine rings is 1. The van der Waals surface area contributed by atoms with Crippen molar-refractivity contribution in [2.24, 2.45) is 5.92 Å². The van der Waals surface area contributed by atoms with Crippen LogP contribution in [0, 0.1) is 5.92 Å². The van der Waals surface area contributed by atoms with Gasteiger partial charge in [-0.05, 0) is 30.9 Å². The zero-order valence-electron chi connectivity index (χ0n) is 13.9. The Morgan fingerprint density at radius 2 is 2.17 bits per heavy atom. The summed E-state index contributed by atoms with van der Waals surface area (Å²) in [6.45, 7) is 2.89. The molecule has 2 aliphatic rings. The first-order valence-electron chi connectivity index (χ1n) is 8.47. The molecule has 0 aliphatic carbocycles. The van der Waals surface area contributed by atoms with Crippen molar-refractivity contribution in [2.75, 3.05) is 33.4 Å². The van der Waals surface area contributed by atoms with Crippen LogP contribution in [0.25, 0.3) is 10.9 Å². The summed E-state index contributed by atoms with van der Waals surface area (Å²) in [6.07, 6.45) is 2.05. The molecule has 2 aliphatic heterocycles. The Morgan fingerprint density at radius 1 is 1.33 bits per heavy atom. The molecule has 3 heterocycles. The number of aromatic nitrogens is 1. The van der Waals surface area contributed by atoms with Crippen molar-refractivity contribution in [2.45, 2.75) is 18.4 Å². The molecule has 4 rings (SSSR count). The number of carbonyl (C=O) groups is 1. The van der Waals surface area contributed by atoms with Crippen molar-refractivity contribution < 1.29 is 14.3 Å². The van der Waals surface area contributed by atoms with Crippen molar-refractivity contribution in [3.8, 4) is 0 Å². The van der Waals surface area contributed by atoms with Gasteiger partial charge in [0.15, 0.2) is 0 Å². The Labute approximate surface area is 141 Å². The van der Waals surface area contributed by atoms with Crippen LogP contribution in [-0.2, 0) is 9.47 Å². The summed E-state index contributed by atoms with van der Waals surface area (Å²) in [4.78, 5) is 19.0. The number of hydrogen-bond acceptors (Lipinski definition) is 4. The number of nitrogens with zero attached hydrogens (tertiary/aromatic N) is 2. The topological polar surface area (TPSA) is 51.7 Å². The average Bonchev–Trinajstić information content (AvgIpc) is 3.02. The van der Waals surface area contributed by atoms with Crippen LogP contribution in [0.4, 0.5) is 0 Å². The Morgan fingerprint density at radius 3 is 3.00 bits per heavy atom. The van der Waals surface area contributed by atoms with Crippen molar-refractivity contribution >= 4 is 16.8 Å². The van der Waals surface area contributed by atoms with Crippen LogP contribution in [0.1, 0.15) is 23.3 Å². The minimum Gasteiger partial charge on any atom is -0.385 e. The molecule has 2 saturated heterocycles. The van der Waals surface area contributed by atoms with Crippen molar-refractivity contribution in [3.05, 3.63) is 42.1 Å². The third-order valence-electron chi connectivity index (χ3n) is 5.08. The molecule has 0 N–H and O–H groups in total. The van der Waals surface area contributed by atoms with Gasteiger partial charge in [-0.25, -0.2) is 4.98 Å². The molecule has 1 aromatic carbocycles. The molecule has 2 aromatic rings. The van der Waals surface area contributed by atoms with Crippen LogP contribution in [0.3, 0.4) is 0 Å². The lowest BCUT2D eigenvalue weighted by atomic mass is 9.86. The highest BCUT2D eigenvalue weighted by atomic mass is 16.5. The van der Waals surface area contributed by atoms with E-state index in [1.807, 2.05) is 41.3 Å². The van der Waals surface area contributed by atoms with Gasteiger partial charge in [-0.1, -0.05) is 24.3 Å². The van der Waals surface area contributed by atoms with E-state index in [2.05, 4.69) is 4.98 Å². The highest BCUT2D eigenvalue weighted by molar-refractivity contribution is 5.95. The van der Waals surface area contributed by atoms with Gasteiger partial charge in [0.1, 0.15) is 11.3 Å². The molecule has 126 valence electrons. The fourth-order valence-corrected chi connectivity index (χ4v) is 3.77. The number of hydrogen-bond donors (Lipinski definition) is 0. The van der Waals surface area contributed by atoms with E-state index in [-0.39, 0.29) is 11.5 Å². The molecular weight excluding hydrogens is 304 g/mol. The van der Waals surface area contributed by atoms with Gasteiger partial charge in [0.05, 0.1) is 25.2 Å². The van der Waals surface area contributed by atoms with Crippen molar-refractivity contribution in [3.63, 3.8) is 0 Å². The number of methoxy groups -OCH3 is 1. The molecule has 1 amide bonds. The summed E-state index contributed by atoms with van der Waals surface area (Å²) in [7, 11) is 1.73. The molecular formula is C19H22N2O3. The number of para-hydroxylation sites is 1. The van der Waals surface area contributed by atoms with Gasteiger partial charge < -0.3 is 14.4 Å². The lowest BCUT2D eigenvalue weighted by Gasteiger charge is -2.47. The van der Waals surface area contributed by atoms with E-state index in [9.17, 15) is 4.79 Å². The van der Waals surface area contributed by atoms with E-state index < -0.39 is 0 Å². The highest BCUT2D eigenvalue weighted by Gasteiger charge is 2.51. The SMILES string of the molecule is COCCC1COC2(C1)CN(C(=O)c1ccc3ccccc3n1)C2. The fourth-order valence-electron chi connectivity index (χ4n) is 3.77. The second kappa shape index (κ2) is 6.15. The molecule has 0 saturated carbocycles. The molecule has 1 aromatic heterocycles. The summed E-state index contributed by atoms with van der Waals surface area (Å²) >= 11 is 0. The average molecular weight is 326 g/mol. The molecule has 5 heteroatoms. The number of likely N-dealkylation sites (tertiary alicyclic amines) is 1. The Balaban J connectivity index is 1.40. The third-order valence-corrected chi connectivity index (χ3v) is 5.08. The summed E-state index contributed by atoms with van der Waals surface area (Å²) in [5.41, 5.74) is 1.23. The third kappa shape index (κ3) is 2.78. The van der Waals surface area contributed by atoms with Gasteiger partial charge in [-0.15, -0.1) is 0 Å². The first-order valence-corrected chi connectivity index (χ1v) is 8.47. The van der Waals surface area contributed by atoms with Crippen LogP contribution in [-0.4, -0.2) is 54.8 Å². The van der Waals surface area contributed by atoms with Gasteiger partial charge >= 0.3 is 0 Å². The Hall–Kier alpha value is -1.98. The minimum absolute atomic E-state index is 0.00433. The van der Waals surface area contributed by atoms with Crippen LogP contribution in [0.15, 0.2) is 36.4 Å². The quantitative estimate of drug-likeness (QED) is 0.866. The van der Waals surface area contributed by atoms with Crippen molar-refractivity contribution in [1.82, 2.24) is 9.88 Å². The Bertz CT molecular complexity index is 755. The van der Waals surface area contributed by atoms with Crippen LogP contribution < -0.4 is 0 Å². The van der Waals surface area contributed by atoms with Gasteiger partial charge in [-0.2, -0.15) is 0 Å². The molecule has 5 nitrogen and oxygen atoms in total. The predicted octanol–water partition coefficient (Wildman–Crippen LogP) is 2.50. The molecule has 1 atom stereocenters. The molecule has 1 spiro atoms. The summed E-state index contributed by atoms with van der Waals surface area (Å²) in [5.74, 6) is 0.538. The molecule has 0 radical (unpaired) electrons. The number of carbonyl (C=O) groups excluding carboxylic acids is 1. The van der Waals surface area contributed by atoms with Crippen LogP contribution >= 0.6 is 0 Å². The zero-order valence-corrected chi connectivity index (χ0v) is 13.9. The standard InChI is InChI=1S/C19H22N2O3/c1-23-9-8-14-10-19(24-11-14)12-21(13-19)18(22)17-7-6-15-4-2-3-5-16(15)20-17/h2-7,14H,8-13H2,1H3. The lowest BCUT2D eigenvalue weighted by molar-refractivity contribution is -0.0951. The van der Waals surface area contributed by atoms with E-state index in [1.54, 1.807) is 7.11 Å². The van der Waals surface area contributed by atoms with Gasteiger partial charge in [0, 0.05) is 19.1 Å². The lowest BCUT2D eigenvalue weighted by Crippen LogP contribution is -2.63. The number of benzene rings is 1. The van der Waals surface area contributed by atoms with E-state index in [0.717, 1.165) is 37.0 Å². The van der Waals surface area contributed by atoms with Gasteiger partial charge in [-0.3, -0.25) is 4.79 Å². The van der Waals surface area contributed by atoms with E-state index in [1.165, 1.54) is 0 Å². The number of amides is 1. The normalized spacial score (nSPS) is 22.0. The largest absolute Gasteiger partial charge is 0.385 e. The van der Waals surface area contributed by atoms with Gasteiger partial charge in [0.2, 0.25) is 0 Å². The molecule has 24 heavy (non-hydrogen) atoms. The second-order valence-corrected chi connectivity index (χ2v) is 6.90. The summed E-state index contributed by atoms with van der Waals surface area (Å²) < 4.78 is 11.2. The fraction of sp³-hybridized carbons (Fsp3) is 0.474. The maximum atomic E-state index is 12.7. The molecule has 2 fully saturated rings. The highest BCUT2D eigenvalue weighted by Crippen LogP contribution is 2.39. The van der Waals surface area contributed by atoms with Crippen LogP contribution in [0.5, 0.6) is 0 Å². The van der Waals surface area contributed by atoms with Crippen molar-refractivity contribution in [1.29, 1.82) is 0 Å². The maximum Gasteiger partial charge on any atom is 0.272 e. The molecule has 0 bridgehead atoms. The maximum absolute atomic E-state index is 12.7. The first-order chi connectivity index (χ1) is 11.7. The summed E-state index contributed by atoms with van der Waals surface area (Å²) in [6, 6.07) is 11.6. The monoisotopic (exact) mass is 326 g/mol. The second-order valence-electron chi connectivity index (χ2n) is 6.90. The molecule has 1 unspecified atom stereocenters. The van der Waals surface area contributed by atoms with Crippen LogP contribution in [0.2, 0.25) is 0 Å². The van der Waals surface area contributed by atoms with E-state index >= 15 is 0 Å². The smallest absolute Gasteiger partial charge is 0.272 e. The minimum atomic E-state index is -0.134. The number of rotatable bonds is 4. The number of fused-ring (bicyclic) bond motifs is 1. The van der Waals surface area contributed by atoms with Gasteiger partial charge in [0.25, 0.3) is 5.91 Å². The van der Waals surface area contributed by atoms with E-state index in [4.69, 9.17) is 9.47 Å². The Kier molecular flexibility index (Phi) is 3.98.